The van der Waals surface area contributed by atoms with Crippen molar-refractivity contribution in [2.24, 2.45) is 10.4 Å². The summed E-state index contributed by atoms with van der Waals surface area (Å²) in [5.41, 5.74) is 0.346. The van der Waals surface area contributed by atoms with Gasteiger partial charge in [0.2, 0.25) is 0 Å². The van der Waals surface area contributed by atoms with E-state index in [0.29, 0.717) is 17.6 Å². The maximum atomic E-state index is 5.98. The van der Waals surface area contributed by atoms with Gasteiger partial charge in [0.05, 0.1) is 6.10 Å². The van der Waals surface area contributed by atoms with Crippen LogP contribution >= 0.6 is 0 Å². The highest BCUT2D eigenvalue weighted by Gasteiger charge is 2.56. The summed E-state index contributed by atoms with van der Waals surface area (Å²) in [6.45, 7) is 7.50. The van der Waals surface area contributed by atoms with Crippen LogP contribution in [-0.4, -0.2) is 51.5 Å². The lowest BCUT2D eigenvalue weighted by atomic mass is 9.60. The molecule has 2 atom stereocenters. The zero-order chi connectivity index (χ0) is 15.8. The molecule has 128 valence electrons. The lowest BCUT2D eigenvalue weighted by Crippen LogP contribution is -2.65. The van der Waals surface area contributed by atoms with Crippen molar-refractivity contribution in [1.82, 2.24) is 10.6 Å². The van der Waals surface area contributed by atoms with Crippen LogP contribution in [-0.2, 0) is 9.47 Å². The highest BCUT2D eigenvalue weighted by atomic mass is 16.5. The monoisotopic (exact) mass is 311 g/mol. The Morgan fingerprint density at radius 2 is 2.05 bits per heavy atom. The second-order valence-electron chi connectivity index (χ2n) is 6.42. The molecule has 0 aliphatic heterocycles. The second-order valence-corrected chi connectivity index (χ2v) is 6.42. The molecule has 5 nitrogen and oxygen atoms in total. The zero-order valence-electron chi connectivity index (χ0n) is 14.5. The van der Waals surface area contributed by atoms with Gasteiger partial charge in [-0.2, -0.15) is 0 Å². The molecule has 0 saturated heterocycles. The van der Waals surface area contributed by atoms with Crippen LogP contribution in [0.15, 0.2) is 4.99 Å². The Kier molecular flexibility index (Phi) is 6.96. The minimum absolute atomic E-state index is 0.346. The van der Waals surface area contributed by atoms with Gasteiger partial charge in [0.25, 0.3) is 0 Å². The summed E-state index contributed by atoms with van der Waals surface area (Å²) in [5.74, 6) is 0.949. The van der Waals surface area contributed by atoms with Gasteiger partial charge in [0, 0.05) is 44.9 Å². The Morgan fingerprint density at radius 3 is 2.68 bits per heavy atom. The van der Waals surface area contributed by atoms with Gasteiger partial charge in [-0.15, -0.1) is 0 Å². The van der Waals surface area contributed by atoms with E-state index in [1.165, 1.54) is 25.7 Å². The van der Waals surface area contributed by atoms with E-state index in [2.05, 4.69) is 29.5 Å². The molecule has 2 rings (SSSR count). The zero-order valence-corrected chi connectivity index (χ0v) is 14.5. The third-order valence-electron chi connectivity index (χ3n) is 5.12. The number of guanidine groups is 1. The van der Waals surface area contributed by atoms with Crippen molar-refractivity contribution in [1.29, 1.82) is 0 Å². The molecular weight excluding hydrogens is 278 g/mol. The summed E-state index contributed by atoms with van der Waals surface area (Å²) >= 11 is 0. The molecule has 5 heteroatoms. The maximum absolute atomic E-state index is 5.98. The molecule has 0 aromatic carbocycles. The summed E-state index contributed by atoms with van der Waals surface area (Å²) in [6, 6.07) is 0.506. The SMILES string of the molecule is CCNC(=NCCCOC)NC1CC(OCC)C12CCCC2. The first-order valence-electron chi connectivity index (χ1n) is 8.92. The Balaban J connectivity index is 1.91. The van der Waals surface area contributed by atoms with E-state index in [0.717, 1.165) is 45.1 Å². The standard InChI is InChI=1S/C17H33N3O2/c1-4-18-16(19-11-8-12-21-3)20-14-13-15(22-5-2)17(14)9-6-7-10-17/h14-15H,4-13H2,1-3H3,(H2,18,19,20). The average Bonchev–Trinajstić information content (AvgIpc) is 3.03. The predicted molar refractivity (Wildman–Crippen MR) is 90.3 cm³/mol. The van der Waals surface area contributed by atoms with E-state index >= 15 is 0 Å². The van der Waals surface area contributed by atoms with Gasteiger partial charge < -0.3 is 20.1 Å². The molecule has 0 aromatic heterocycles. The minimum Gasteiger partial charge on any atom is -0.385 e. The first kappa shape index (κ1) is 17.5. The first-order valence-corrected chi connectivity index (χ1v) is 8.92. The number of ether oxygens (including phenoxy) is 2. The van der Waals surface area contributed by atoms with Crippen molar-refractivity contribution in [3.8, 4) is 0 Å². The van der Waals surface area contributed by atoms with Crippen molar-refractivity contribution in [3.05, 3.63) is 0 Å². The number of nitrogens with one attached hydrogen (secondary N) is 2. The van der Waals surface area contributed by atoms with Crippen LogP contribution in [0.5, 0.6) is 0 Å². The van der Waals surface area contributed by atoms with E-state index in [9.17, 15) is 0 Å². The molecule has 0 heterocycles. The van der Waals surface area contributed by atoms with Crippen LogP contribution in [0.4, 0.5) is 0 Å². The van der Waals surface area contributed by atoms with Crippen LogP contribution in [0.1, 0.15) is 52.4 Å². The highest BCUT2D eigenvalue weighted by Crippen LogP contribution is 2.54. The number of hydrogen-bond donors (Lipinski definition) is 2. The Hall–Kier alpha value is -0.810. The predicted octanol–water partition coefficient (Wildman–Crippen LogP) is 2.32. The second kappa shape index (κ2) is 8.73. The van der Waals surface area contributed by atoms with Gasteiger partial charge in [-0.25, -0.2) is 0 Å². The van der Waals surface area contributed by atoms with E-state index in [1.807, 2.05) is 0 Å². The fourth-order valence-corrected chi connectivity index (χ4v) is 3.97. The Bertz CT molecular complexity index is 354. The number of nitrogens with zero attached hydrogens (tertiary/aromatic N) is 1. The number of rotatable bonds is 8. The van der Waals surface area contributed by atoms with Crippen molar-refractivity contribution in [2.75, 3.05) is 33.4 Å². The summed E-state index contributed by atoms with van der Waals surface area (Å²) in [4.78, 5) is 4.67. The van der Waals surface area contributed by atoms with Gasteiger partial charge in [-0.05, 0) is 39.5 Å². The topological polar surface area (TPSA) is 54.9 Å². The van der Waals surface area contributed by atoms with E-state index in [-0.39, 0.29) is 0 Å². The molecule has 2 unspecified atom stereocenters. The molecule has 2 saturated carbocycles. The fourth-order valence-electron chi connectivity index (χ4n) is 3.97. The molecule has 22 heavy (non-hydrogen) atoms. The first-order chi connectivity index (χ1) is 10.8. The van der Waals surface area contributed by atoms with Crippen molar-refractivity contribution in [2.45, 2.75) is 64.5 Å². The molecule has 0 radical (unpaired) electrons. The molecule has 2 aliphatic rings. The van der Waals surface area contributed by atoms with E-state index < -0.39 is 0 Å². The summed E-state index contributed by atoms with van der Waals surface area (Å²) in [5, 5.41) is 7.04. The lowest BCUT2D eigenvalue weighted by molar-refractivity contribution is -0.125. The molecule has 0 amide bonds. The third-order valence-corrected chi connectivity index (χ3v) is 5.12. The van der Waals surface area contributed by atoms with Gasteiger partial charge in [0.15, 0.2) is 5.96 Å². The van der Waals surface area contributed by atoms with E-state index in [1.54, 1.807) is 7.11 Å². The minimum atomic E-state index is 0.346. The van der Waals surface area contributed by atoms with Gasteiger partial charge in [-0.3, -0.25) is 4.99 Å². The normalized spacial score (nSPS) is 27.0. The van der Waals surface area contributed by atoms with E-state index in [4.69, 9.17) is 9.47 Å². The third kappa shape index (κ3) is 3.93. The highest BCUT2D eigenvalue weighted by molar-refractivity contribution is 5.80. The molecular formula is C17H33N3O2. The molecule has 1 spiro atoms. The van der Waals surface area contributed by atoms with Crippen LogP contribution in [0.25, 0.3) is 0 Å². The summed E-state index contributed by atoms with van der Waals surface area (Å²) in [6.07, 6.45) is 7.76. The average molecular weight is 311 g/mol. The van der Waals surface area contributed by atoms with Crippen LogP contribution in [0.2, 0.25) is 0 Å². The van der Waals surface area contributed by atoms with Crippen LogP contribution in [0.3, 0.4) is 0 Å². The summed E-state index contributed by atoms with van der Waals surface area (Å²) < 4.78 is 11.1. The van der Waals surface area contributed by atoms with Crippen molar-refractivity contribution < 1.29 is 9.47 Å². The number of methoxy groups -OCH3 is 1. The van der Waals surface area contributed by atoms with Gasteiger partial charge in [0.1, 0.15) is 0 Å². The number of hydrogen-bond acceptors (Lipinski definition) is 3. The lowest BCUT2D eigenvalue weighted by Gasteiger charge is -2.54. The quantitative estimate of drug-likeness (QED) is 0.410. The van der Waals surface area contributed by atoms with Crippen LogP contribution < -0.4 is 10.6 Å². The Morgan fingerprint density at radius 1 is 1.27 bits per heavy atom. The van der Waals surface area contributed by atoms with Crippen molar-refractivity contribution in [3.63, 3.8) is 0 Å². The molecule has 2 N–H and O–H groups in total. The maximum Gasteiger partial charge on any atom is 0.191 e. The number of aliphatic imine (C=N–C) groups is 1. The molecule has 0 aromatic rings. The molecule has 0 bridgehead atoms. The summed E-state index contributed by atoms with van der Waals surface area (Å²) in [7, 11) is 1.74. The van der Waals surface area contributed by atoms with Crippen LogP contribution in [0, 0.1) is 5.41 Å². The van der Waals surface area contributed by atoms with Crippen molar-refractivity contribution >= 4 is 5.96 Å². The fraction of sp³-hybridized carbons (Fsp3) is 0.941. The molecule has 2 aliphatic carbocycles. The largest absolute Gasteiger partial charge is 0.385 e. The van der Waals surface area contributed by atoms with Gasteiger partial charge >= 0.3 is 0 Å². The van der Waals surface area contributed by atoms with Gasteiger partial charge in [-0.1, -0.05) is 12.8 Å². The molecule has 2 fully saturated rings. The smallest absolute Gasteiger partial charge is 0.191 e. The Labute approximate surface area is 135 Å².